The van der Waals surface area contributed by atoms with Crippen molar-refractivity contribution < 1.29 is 14.4 Å². The van der Waals surface area contributed by atoms with Gasteiger partial charge in [0, 0.05) is 10.3 Å². The molecule has 1 saturated heterocycles. The molecule has 0 saturated carbocycles. The molecule has 2 rings (SSSR count). The lowest BCUT2D eigenvalue weighted by Crippen LogP contribution is -2.59. The molecule has 0 radical (unpaired) electrons. The van der Waals surface area contributed by atoms with E-state index in [2.05, 4.69) is 17.9 Å². The van der Waals surface area contributed by atoms with Crippen molar-refractivity contribution in [3.8, 4) is 0 Å². The largest absolute Gasteiger partial charge is 0.317 e. The molecule has 1 aromatic rings. The number of hydrogen-bond donors (Lipinski definition) is 2. The molecular formula is C11H12N2O3S2. The molecule has 7 heteroatoms. The van der Waals surface area contributed by atoms with Gasteiger partial charge in [-0.05, 0) is 12.5 Å². The van der Waals surface area contributed by atoms with E-state index in [0.29, 0.717) is 16.2 Å². The van der Waals surface area contributed by atoms with E-state index in [1.165, 1.54) is 16.2 Å². The monoisotopic (exact) mass is 284 g/mol. The maximum Gasteiger partial charge on any atom is 0.265 e. The molecule has 0 aliphatic carbocycles. The van der Waals surface area contributed by atoms with Crippen molar-refractivity contribution in [1.29, 1.82) is 0 Å². The number of hydrogen-bond acceptors (Lipinski definition) is 5. The molecule has 1 aliphatic heterocycles. The summed E-state index contributed by atoms with van der Waals surface area (Å²) in [6.45, 7) is 1.72. The van der Waals surface area contributed by atoms with Gasteiger partial charge in [0.2, 0.25) is 11.8 Å². The smallest absolute Gasteiger partial charge is 0.265 e. The van der Waals surface area contributed by atoms with Crippen molar-refractivity contribution in [2.24, 2.45) is 0 Å². The Morgan fingerprint density at radius 2 is 2.33 bits per heavy atom. The number of piperazine rings is 1. The lowest BCUT2D eigenvalue weighted by molar-refractivity contribution is -0.138. The van der Waals surface area contributed by atoms with Crippen LogP contribution in [0.3, 0.4) is 0 Å². The quantitative estimate of drug-likeness (QED) is 0.627. The second-order valence-electron chi connectivity index (χ2n) is 3.94. The number of nitrogens with zero attached hydrogens (tertiary/aromatic N) is 1. The van der Waals surface area contributed by atoms with Crippen molar-refractivity contribution in [2.45, 2.75) is 24.3 Å². The number of imide groups is 1. The van der Waals surface area contributed by atoms with Crippen LogP contribution in [-0.2, 0) is 9.59 Å². The summed E-state index contributed by atoms with van der Waals surface area (Å²) in [5.41, 5.74) is 0. The second-order valence-corrected chi connectivity index (χ2v) is 5.37. The summed E-state index contributed by atoms with van der Waals surface area (Å²) in [6, 6.07) is 1.06. The first kappa shape index (κ1) is 13.1. The Labute approximate surface area is 114 Å². The minimum Gasteiger partial charge on any atom is -0.317 e. The molecule has 2 heterocycles. The summed E-state index contributed by atoms with van der Waals surface area (Å²) < 4.78 is 0. The SMILES string of the molecule is CCC1C(=O)NC(=O)CN1C(=O)c1cc(S)cs1. The highest BCUT2D eigenvalue weighted by Crippen LogP contribution is 2.21. The lowest BCUT2D eigenvalue weighted by Gasteiger charge is -2.33. The molecule has 96 valence electrons. The fraction of sp³-hybridized carbons (Fsp3) is 0.364. The minimum absolute atomic E-state index is 0.0805. The van der Waals surface area contributed by atoms with Crippen LogP contribution in [-0.4, -0.2) is 35.2 Å². The molecule has 1 N–H and O–H groups in total. The highest BCUT2D eigenvalue weighted by Gasteiger charge is 2.36. The minimum atomic E-state index is -0.583. The maximum atomic E-state index is 12.2. The van der Waals surface area contributed by atoms with Crippen LogP contribution in [0.5, 0.6) is 0 Å². The predicted octanol–water partition coefficient (Wildman–Crippen LogP) is 0.914. The Morgan fingerprint density at radius 1 is 1.61 bits per heavy atom. The van der Waals surface area contributed by atoms with Crippen LogP contribution in [0.4, 0.5) is 0 Å². The van der Waals surface area contributed by atoms with Crippen LogP contribution in [0.2, 0.25) is 0 Å². The highest BCUT2D eigenvalue weighted by atomic mass is 32.1. The first-order valence-corrected chi connectivity index (χ1v) is 6.77. The van der Waals surface area contributed by atoms with Crippen LogP contribution in [0, 0.1) is 0 Å². The van der Waals surface area contributed by atoms with E-state index in [0.717, 1.165) is 0 Å². The number of nitrogens with one attached hydrogen (secondary N) is 1. The Balaban J connectivity index is 2.26. The average molecular weight is 284 g/mol. The van der Waals surface area contributed by atoms with Gasteiger partial charge in [-0.3, -0.25) is 19.7 Å². The number of rotatable bonds is 2. The topological polar surface area (TPSA) is 66.5 Å². The van der Waals surface area contributed by atoms with E-state index in [1.807, 2.05) is 0 Å². The van der Waals surface area contributed by atoms with Gasteiger partial charge >= 0.3 is 0 Å². The van der Waals surface area contributed by atoms with Crippen LogP contribution in [0.1, 0.15) is 23.0 Å². The van der Waals surface area contributed by atoms with E-state index < -0.39 is 17.9 Å². The summed E-state index contributed by atoms with van der Waals surface area (Å²) in [5.74, 6) is -1.15. The zero-order valence-corrected chi connectivity index (χ0v) is 11.4. The van der Waals surface area contributed by atoms with Gasteiger partial charge in [-0.2, -0.15) is 0 Å². The first-order valence-electron chi connectivity index (χ1n) is 5.45. The molecule has 1 aromatic heterocycles. The molecule has 1 aliphatic rings. The standard InChI is InChI=1S/C11H12N2O3S2/c1-2-7-10(15)12-9(14)4-13(7)11(16)8-3-6(17)5-18-8/h3,5,7,17H,2,4H2,1H3,(H,12,14,15). The molecule has 0 spiro atoms. The zero-order chi connectivity index (χ0) is 13.3. The summed E-state index contributed by atoms with van der Waals surface area (Å²) in [4.78, 5) is 37.7. The third-order valence-corrected chi connectivity index (χ3v) is 4.05. The van der Waals surface area contributed by atoms with Crippen molar-refractivity contribution >= 4 is 41.7 Å². The molecule has 1 unspecified atom stereocenters. The molecule has 1 fully saturated rings. The Kier molecular flexibility index (Phi) is 3.72. The van der Waals surface area contributed by atoms with Gasteiger partial charge in [-0.15, -0.1) is 24.0 Å². The van der Waals surface area contributed by atoms with Gasteiger partial charge in [0.05, 0.1) is 4.88 Å². The summed E-state index contributed by atoms with van der Waals surface area (Å²) in [6.07, 6.45) is 0.476. The van der Waals surface area contributed by atoms with E-state index in [-0.39, 0.29) is 12.5 Å². The Morgan fingerprint density at radius 3 is 2.89 bits per heavy atom. The molecular weight excluding hydrogens is 272 g/mol. The van der Waals surface area contributed by atoms with E-state index >= 15 is 0 Å². The van der Waals surface area contributed by atoms with Crippen LogP contribution in [0.15, 0.2) is 16.3 Å². The third kappa shape index (κ3) is 2.41. The van der Waals surface area contributed by atoms with Crippen molar-refractivity contribution in [2.75, 3.05) is 6.54 Å². The molecule has 0 bridgehead atoms. The van der Waals surface area contributed by atoms with Crippen LogP contribution < -0.4 is 5.32 Å². The number of thiophene rings is 1. The van der Waals surface area contributed by atoms with Gasteiger partial charge < -0.3 is 4.90 Å². The molecule has 18 heavy (non-hydrogen) atoms. The van der Waals surface area contributed by atoms with Crippen LogP contribution in [0.25, 0.3) is 0 Å². The van der Waals surface area contributed by atoms with Gasteiger partial charge in [-0.1, -0.05) is 6.92 Å². The summed E-state index contributed by atoms with van der Waals surface area (Å²) in [5, 5.41) is 3.98. The van der Waals surface area contributed by atoms with Crippen molar-refractivity contribution in [1.82, 2.24) is 10.2 Å². The molecule has 5 nitrogen and oxygen atoms in total. The lowest BCUT2D eigenvalue weighted by atomic mass is 10.1. The van der Waals surface area contributed by atoms with Crippen LogP contribution >= 0.6 is 24.0 Å². The van der Waals surface area contributed by atoms with Gasteiger partial charge in [0.1, 0.15) is 12.6 Å². The summed E-state index contributed by atoms with van der Waals surface area (Å²) in [7, 11) is 0. The highest BCUT2D eigenvalue weighted by molar-refractivity contribution is 7.80. The summed E-state index contributed by atoms with van der Waals surface area (Å²) >= 11 is 5.39. The molecule has 3 amide bonds. The van der Waals surface area contributed by atoms with Gasteiger partial charge in [-0.25, -0.2) is 0 Å². The van der Waals surface area contributed by atoms with E-state index in [9.17, 15) is 14.4 Å². The first-order chi connectivity index (χ1) is 8.52. The Bertz CT molecular complexity index is 512. The predicted molar refractivity (Wildman–Crippen MR) is 69.8 cm³/mol. The average Bonchev–Trinajstić information content (AvgIpc) is 2.74. The van der Waals surface area contributed by atoms with Gasteiger partial charge in [0.15, 0.2) is 0 Å². The van der Waals surface area contributed by atoms with Gasteiger partial charge in [0.25, 0.3) is 5.91 Å². The number of thiol groups is 1. The maximum absolute atomic E-state index is 12.2. The fourth-order valence-electron chi connectivity index (χ4n) is 1.87. The second kappa shape index (κ2) is 5.11. The number of carbonyl (C=O) groups is 3. The number of carbonyl (C=O) groups excluding carboxylic acids is 3. The third-order valence-electron chi connectivity index (χ3n) is 2.70. The normalized spacial score (nSPS) is 19.9. The van der Waals surface area contributed by atoms with E-state index in [4.69, 9.17) is 0 Å². The number of amides is 3. The van der Waals surface area contributed by atoms with Crippen molar-refractivity contribution in [3.05, 3.63) is 16.3 Å². The zero-order valence-electron chi connectivity index (χ0n) is 9.67. The Hall–Kier alpha value is -1.34. The molecule has 0 aromatic carbocycles. The fourth-order valence-corrected chi connectivity index (χ4v) is 2.97. The van der Waals surface area contributed by atoms with Crippen molar-refractivity contribution in [3.63, 3.8) is 0 Å². The van der Waals surface area contributed by atoms with E-state index in [1.54, 1.807) is 18.4 Å². The molecule has 1 atom stereocenters.